The summed E-state index contributed by atoms with van der Waals surface area (Å²) < 4.78 is 0. The van der Waals surface area contributed by atoms with E-state index < -0.39 is 0 Å². The third-order valence-corrected chi connectivity index (χ3v) is 3.74. The Balaban J connectivity index is 2.44. The van der Waals surface area contributed by atoms with Gasteiger partial charge in [-0.1, -0.05) is 13.0 Å². The van der Waals surface area contributed by atoms with Crippen LogP contribution in [0.5, 0.6) is 0 Å². The summed E-state index contributed by atoms with van der Waals surface area (Å²) >= 11 is 1.70. The highest BCUT2D eigenvalue weighted by Crippen LogP contribution is 2.23. The van der Waals surface area contributed by atoms with E-state index in [1.807, 2.05) is 30.3 Å². The fraction of sp³-hybridized carbons (Fsp3) is 0.583. The molecule has 1 aromatic heterocycles. The summed E-state index contributed by atoms with van der Waals surface area (Å²) in [5, 5.41) is 5.21. The van der Waals surface area contributed by atoms with Crippen LogP contribution in [0.25, 0.3) is 0 Å². The number of thiophene rings is 1. The minimum atomic E-state index is 0.175. The van der Waals surface area contributed by atoms with Crippen LogP contribution in [0.2, 0.25) is 0 Å². The molecule has 0 fully saturated rings. The first-order valence-electron chi connectivity index (χ1n) is 5.66. The van der Waals surface area contributed by atoms with E-state index in [9.17, 15) is 4.79 Å². The zero-order chi connectivity index (χ0) is 12.0. The summed E-state index contributed by atoms with van der Waals surface area (Å²) in [6, 6.07) is 4.27. The predicted molar refractivity (Wildman–Crippen MR) is 68.7 cm³/mol. The molecule has 16 heavy (non-hydrogen) atoms. The van der Waals surface area contributed by atoms with Crippen molar-refractivity contribution in [2.45, 2.75) is 26.3 Å². The Bertz CT molecular complexity index is 311. The summed E-state index contributed by atoms with van der Waals surface area (Å²) in [5.74, 6) is 0.196. The maximum absolute atomic E-state index is 11.8. The Morgan fingerprint density at radius 2 is 2.38 bits per heavy atom. The lowest BCUT2D eigenvalue weighted by Gasteiger charge is -2.24. The van der Waals surface area contributed by atoms with Crippen LogP contribution in [0.1, 0.15) is 31.2 Å². The number of hydrogen-bond acceptors (Lipinski definition) is 3. The molecule has 0 saturated carbocycles. The van der Waals surface area contributed by atoms with E-state index in [2.05, 4.69) is 18.3 Å². The lowest BCUT2D eigenvalue weighted by Crippen LogP contribution is -2.31. The first kappa shape index (κ1) is 13.2. The fourth-order valence-corrected chi connectivity index (χ4v) is 2.31. The van der Waals surface area contributed by atoms with Gasteiger partial charge in [-0.15, -0.1) is 11.3 Å². The molecule has 1 atom stereocenters. The van der Waals surface area contributed by atoms with E-state index in [1.165, 1.54) is 4.88 Å². The van der Waals surface area contributed by atoms with Crippen molar-refractivity contribution in [1.29, 1.82) is 0 Å². The second-order valence-corrected chi connectivity index (χ2v) is 4.78. The van der Waals surface area contributed by atoms with Gasteiger partial charge in [-0.2, -0.15) is 0 Å². The van der Waals surface area contributed by atoms with Gasteiger partial charge in [0.1, 0.15) is 0 Å². The van der Waals surface area contributed by atoms with Crippen molar-refractivity contribution in [2.75, 3.05) is 20.1 Å². The smallest absolute Gasteiger partial charge is 0.224 e. The van der Waals surface area contributed by atoms with E-state index in [4.69, 9.17) is 0 Å². The number of nitrogens with one attached hydrogen (secondary N) is 1. The maximum atomic E-state index is 11.8. The zero-order valence-corrected chi connectivity index (χ0v) is 11.0. The Labute approximate surface area is 101 Å². The second kappa shape index (κ2) is 6.66. The highest BCUT2D eigenvalue weighted by Gasteiger charge is 2.17. The molecule has 3 nitrogen and oxygen atoms in total. The van der Waals surface area contributed by atoms with Gasteiger partial charge >= 0.3 is 0 Å². The number of carbonyl (C=O) groups is 1. The van der Waals surface area contributed by atoms with Crippen molar-refractivity contribution >= 4 is 17.2 Å². The van der Waals surface area contributed by atoms with Crippen LogP contribution in [0.4, 0.5) is 0 Å². The minimum Gasteiger partial charge on any atom is -0.338 e. The van der Waals surface area contributed by atoms with Crippen LogP contribution in [0.15, 0.2) is 17.5 Å². The fourth-order valence-electron chi connectivity index (χ4n) is 1.48. The number of amides is 1. The predicted octanol–water partition coefficient (Wildman–Crippen LogP) is 2.27. The molecule has 0 aromatic carbocycles. The Morgan fingerprint density at radius 3 is 2.94 bits per heavy atom. The van der Waals surface area contributed by atoms with Crippen molar-refractivity contribution in [3.63, 3.8) is 0 Å². The molecule has 0 saturated heterocycles. The zero-order valence-electron chi connectivity index (χ0n) is 10.2. The van der Waals surface area contributed by atoms with Gasteiger partial charge in [0.15, 0.2) is 0 Å². The van der Waals surface area contributed by atoms with E-state index >= 15 is 0 Å². The highest BCUT2D eigenvalue weighted by molar-refractivity contribution is 7.10. The van der Waals surface area contributed by atoms with Gasteiger partial charge in [-0.3, -0.25) is 4.79 Å². The molecule has 1 heterocycles. The molecule has 0 aliphatic carbocycles. The third-order valence-electron chi connectivity index (χ3n) is 2.69. The van der Waals surface area contributed by atoms with Gasteiger partial charge in [0.25, 0.3) is 0 Å². The molecule has 1 amide bonds. The number of nitrogens with zero attached hydrogens (tertiary/aromatic N) is 1. The quantitative estimate of drug-likeness (QED) is 0.774. The normalized spacial score (nSPS) is 12.4. The van der Waals surface area contributed by atoms with Crippen LogP contribution < -0.4 is 5.32 Å². The summed E-state index contributed by atoms with van der Waals surface area (Å²) in [6.07, 6.45) is 0.569. The number of carbonyl (C=O) groups excluding carboxylic acids is 1. The van der Waals surface area contributed by atoms with Crippen LogP contribution in [0.3, 0.4) is 0 Å². The number of hydrogen-bond donors (Lipinski definition) is 1. The van der Waals surface area contributed by atoms with Gasteiger partial charge in [0.05, 0.1) is 6.04 Å². The van der Waals surface area contributed by atoms with Crippen LogP contribution in [-0.4, -0.2) is 30.9 Å². The molecular formula is C12H20N2OS. The summed E-state index contributed by atoms with van der Waals surface area (Å²) in [6.45, 7) is 5.79. The van der Waals surface area contributed by atoms with E-state index in [1.54, 1.807) is 11.3 Å². The lowest BCUT2D eigenvalue weighted by molar-refractivity contribution is -0.131. The highest BCUT2D eigenvalue weighted by atomic mass is 32.1. The molecule has 1 aromatic rings. The van der Waals surface area contributed by atoms with Crippen molar-refractivity contribution in [3.05, 3.63) is 22.4 Å². The molecule has 1 rings (SSSR count). The summed E-state index contributed by atoms with van der Waals surface area (Å²) in [7, 11) is 1.87. The van der Waals surface area contributed by atoms with Crippen LogP contribution in [0, 0.1) is 0 Å². The van der Waals surface area contributed by atoms with E-state index in [0.717, 1.165) is 13.1 Å². The molecule has 0 aliphatic rings. The van der Waals surface area contributed by atoms with E-state index in [0.29, 0.717) is 6.42 Å². The number of rotatable bonds is 6. The Kier molecular flexibility index (Phi) is 5.49. The molecule has 1 unspecified atom stereocenters. The van der Waals surface area contributed by atoms with Gasteiger partial charge in [0.2, 0.25) is 5.91 Å². The van der Waals surface area contributed by atoms with Gasteiger partial charge in [-0.25, -0.2) is 0 Å². The van der Waals surface area contributed by atoms with Crippen LogP contribution in [-0.2, 0) is 4.79 Å². The van der Waals surface area contributed by atoms with E-state index in [-0.39, 0.29) is 11.9 Å². The maximum Gasteiger partial charge on any atom is 0.224 e. The monoisotopic (exact) mass is 240 g/mol. The molecule has 0 aliphatic heterocycles. The minimum absolute atomic E-state index is 0.175. The van der Waals surface area contributed by atoms with Crippen molar-refractivity contribution < 1.29 is 4.79 Å². The Morgan fingerprint density at radius 1 is 1.62 bits per heavy atom. The average Bonchev–Trinajstić information content (AvgIpc) is 2.80. The first-order valence-corrected chi connectivity index (χ1v) is 6.54. The molecule has 4 heteroatoms. The first-order chi connectivity index (χ1) is 7.66. The van der Waals surface area contributed by atoms with Crippen molar-refractivity contribution in [1.82, 2.24) is 10.2 Å². The van der Waals surface area contributed by atoms with Gasteiger partial charge in [0, 0.05) is 24.9 Å². The third kappa shape index (κ3) is 3.61. The van der Waals surface area contributed by atoms with Gasteiger partial charge in [-0.05, 0) is 24.9 Å². The topological polar surface area (TPSA) is 32.3 Å². The average molecular weight is 240 g/mol. The summed E-state index contributed by atoms with van der Waals surface area (Å²) in [5.41, 5.74) is 0. The lowest BCUT2D eigenvalue weighted by atomic mass is 10.2. The van der Waals surface area contributed by atoms with Crippen molar-refractivity contribution in [2.24, 2.45) is 0 Å². The SMILES string of the molecule is CCNCCC(=O)N(C)C(C)c1cccs1. The molecule has 1 N–H and O–H groups in total. The second-order valence-electron chi connectivity index (χ2n) is 3.80. The summed E-state index contributed by atoms with van der Waals surface area (Å²) in [4.78, 5) is 14.9. The molecular weight excluding hydrogens is 220 g/mol. The standard InChI is InChI=1S/C12H20N2OS/c1-4-13-8-7-12(15)14(3)10(2)11-6-5-9-16-11/h5-6,9-10,13H,4,7-8H2,1-3H3. The molecule has 90 valence electrons. The Hall–Kier alpha value is -0.870. The van der Waals surface area contributed by atoms with Crippen LogP contribution >= 0.6 is 11.3 Å². The van der Waals surface area contributed by atoms with Crippen molar-refractivity contribution in [3.8, 4) is 0 Å². The van der Waals surface area contributed by atoms with Gasteiger partial charge < -0.3 is 10.2 Å². The largest absolute Gasteiger partial charge is 0.338 e. The molecule has 0 bridgehead atoms. The molecule has 0 spiro atoms. The molecule has 0 radical (unpaired) electrons.